The molecule has 1 aliphatic heterocycles. The lowest BCUT2D eigenvalue weighted by Gasteiger charge is -2.35. The highest BCUT2D eigenvalue weighted by molar-refractivity contribution is 5.87. The normalized spacial score (nSPS) is 23.2. The van der Waals surface area contributed by atoms with Gasteiger partial charge in [-0.25, -0.2) is 4.79 Å². The number of nitrogens with two attached hydrogens (primary N) is 1. The third-order valence-corrected chi connectivity index (χ3v) is 3.07. The van der Waals surface area contributed by atoms with Crippen LogP contribution in [0.15, 0.2) is 0 Å². The van der Waals surface area contributed by atoms with Crippen molar-refractivity contribution in [3.05, 3.63) is 0 Å². The van der Waals surface area contributed by atoms with Crippen molar-refractivity contribution >= 4 is 11.9 Å². The van der Waals surface area contributed by atoms with Crippen LogP contribution in [0.3, 0.4) is 0 Å². The monoisotopic (exact) mass is 228 g/mol. The molecule has 1 fully saturated rings. The molecule has 0 saturated carbocycles. The Morgan fingerprint density at radius 1 is 1.38 bits per heavy atom. The van der Waals surface area contributed by atoms with Crippen molar-refractivity contribution in [1.82, 2.24) is 4.90 Å². The van der Waals surface area contributed by atoms with Crippen LogP contribution in [0.1, 0.15) is 33.1 Å². The smallest absolute Gasteiger partial charge is 0.326 e. The van der Waals surface area contributed by atoms with Gasteiger partial charge < -0.3 is 15.7 Å². The SMILES string of the molecule is CC(C)[C@@H](N)C(=O)N1CCCC[C@H]1C(=O)O. The molecule has 0 aliphatic carbocycles. The van der Waals surface area contributed by atoms with Crippen molar-refractivity contribution in [2.24, 2.45) is 11.7 Å². The topological polar surface area (TPSA) is 83.6 Å². The van der Waals surface area contributed by atoms with Gasteiger partial charge >= 0.3 is 5.97 Å². The van der Waals surface area contributed by atoms with E-state index in [1.807, 2.05) is 13.8 Å². The molecule has 1 saturated heterocycles. The van der Waals surface area contributed by atoms with E-state index >= 15 is 0 Å². The van der Waals surface area contributed by atoms with Crippen molar-refractivity contribution in [3.63, 3.8) is 0 Å². The van der Waals surface area contributed by atoms with Crippen molar-refractivity contribution in [2.45, 2.75) is 45.2 Å². The number of amides is 1. The number of nitrogens with zero attached hydrogens (tertiary/aromatic N) is 1. The lowest BCUT2D eigenvalue weighted by molar-refractivity contribution is -0.153. The molecule has 0 aromatic carbocycles. The van der Waals surface area contributed by atoms with Crippen LogP contribution >= 0.6 is 0 Å². The molecule has 1 rings (SSSR count). The highest BCUT2D eigenvalue weighted by atomic mass is 16.4. The van der Waals surface area contributed by atoms with E-state index in [9.17, 15) is 9.59 Å². The molecule has 0 spiro atoms. The third kappa shape index (κ3) is 2.72. The Balaban J connectivity index is 2.75. The van der Waals surface area contributed by atoms with Crippen molar-refractivity contribution in [1.29, 1.82) is 0 Å². The summed E-state index contributed by atoms with van der Waals surface area (Å²) < 4.78 is 0. The lowest BCUT2D eigenvalue weighted by Crippen LogP contribution is -2.54. The maximum Gasteiger partial charge on any atom is 0.326 e. The van der Waals surface area contributed by atoms with Gasteiger partial charge in [0, 0.05) is 6.54 Å². The molecule has 92 valence electrons. The minimum atomic E-state index is -0.927. The molecule has 0 aromatic rings. The predicted octanol–water partition coefficient (Wildman–Crippen LogP) is 0.435. The van der Waals surface area contributed by atoms with Gasteiger partial charge in [-0.2, -0.15) is 0 Å². The fourth-order valence-corrected chi connectivity index (χ4v) is 1.93. The Hall–Kier alpha value is -1.10. The van der Waals surface area contributed by atoms with Gasteiger partial charge in [0.25, 0.3) is 0 Å². The summed E-state index contributed by atoms with van der Waals surface area (Å²) in [6, 6.07) is -1.29. The van der Waals surface area contributed by atoms with Gasteiger partial charge in [0.15, 0.2) is 0 Å². The van der Waals surface area contributed by atoms with Crippen LogP contribution in [0, 0.1) is 5.92 Å². The minimum absolute atomic E-state index is 0.0314. The number of rotatable bonds is 3. The molecule has 5 heteroatoms. The Morgan fingerprint density at radius 3 is 2.50 bits per heavy atom. The largest absolute Gasteiger partial charge is 0.480 e. The molecule has 0 bridgehead atoms. The Morgan fingerprint density at radius 2 is 2.00 bits per heavy atom. The molecular formula is C11H20N2O3. The number of carboxylic acid groups (broad SMARTS) is 1. The van der Waals surface area contributed by atoms with E-state index in [4.69, 9.17) is 10.8 Å². The van der Waals surface area contributed by atoms with Gasteiger partial charge in [-0.1, -0.05) is 13.8 Å². The van der Waals surface area contributed by atoms with Crippen LogP contribution in [-0.4, -0.2) is 40.5 Å². The average Bonchev–Trinajstić information content (AvgIpc) is 2.26. The molecule has 2 atom stereocenters. The number of aliphatic carboxylic acids is 1. The number of piperidine rings is 1. The summed E-state index contributed by atoms with van der Waals surface area (Å²) in [5.74, 6) is -1.13. The summed E-state index contributed by atoms with van der Waals surface area (Å²) in [5, 5.41) is 9.04. The standard InChI is InChI=1S/C11H20N2O3/c1-7(2)9(12)10(14)13-6-4-3-5-8(13)11(15)16/h7-9H,3-6,12H2,1-2H3,(H,15,16)/t8-,9+/m0/s1. The van der Waals surface area contributed by atoms with E-state index in [-0.39, 0.29) is 11.8 Å². The summed E-state index contributed by atoms with van der Waals surface area (Å²) in [6.07, 6.45) is 2.25. The first-order chi connectivity index (χ1) is 7.45. The van der Waals surface area contributed by atoms with Crippen LogP contribution in [-0.2, 0) is 9.59 Å². The quantitative estimate of drug-likeness (QED) is 0.734. The van der Waals surface area contributed by atoms with E-state index in [0.717, 1.165) is 12.8 Å². The zero-order valence-electron chi connectivity index (χ0n) is 9.85. The molecule has 5 nitrogen and oxygen atoms in total. The molecule has 16 heavy (non-hydrogen) atoms. The first-order valence-electron chi connectivity index (χ1n) is 5.74. The van der Waals surface area contributed by atoms with Crippen molar-refractivity contribution < 1.29 is 14.7 Å². The number of carbonyl (C=O) groups excluding carboxylic acids is 1. The molecule has 0 aromatic heterocycles. The van der Waals surface area contributed by atoms with E-state index in [1.54, 1.807) is 0 Å². The first-order valence-corrected chi connectivity index (χ1v) is 5.74. The number of carbonyl (C=O) groups is 2. The highest BCUT2D eigenvalue weighted by Crippen LogP contribution is 2.19. The summed E-state index contributed by atoms with van der Waals surface area (Å²) in [6.45, 7) is 4.24. The predicted molar refractivity (Wildman–Crippen MR) is 59.8 cm³/mol. The fraction of sp³-hybridized carbons (Fsp3) is 0.818. The second-order valence-electron chi connectivity index (χ2n) is 4.65. The van der Waals surface area contributed by atoms with Crippen LogP contribution < -0.4 is 5.73 Å². The van der Waals surface area contributed by atoms with Crippen LogP contribution in [0.2, 0.25) is 0 Å². The maximum absolute atomic E-state index is 12.0. The summed E-state index contributed by atoms with van der Waals surface area (Å²) in [7, 11) is 0. The molecule has 0 radical (unpaired) electrons. The zero-order valence-corrected chi connectivity index (χ0v) is 9.85. The second kappa shape index (κ2) is 5.30. The van der Waals surface area contributed by atoms with Gasteiger partial charge in [-0.05, 0) is 25.2 Å². The number of hydrogen-bond donors (Lipinski definition) is 2. The minimum Gasteiger partial charge on any atom is -0.480 e. The summed E-state index contributed by atoms with van der Waals surface area (Å²) in [4.78, 5) is 24.4. The molecule has 3 N–H and O–H groups in total. The maximum atomic E-state index is 12.0. The van der Waals surface area contributed by atoms with Gasteiger partial charge in [-0.3, -0.25) is 4.79 Å². The lowest BCUT2D eigenvalue weighted by atomic mass is 9.98. The summed E-state index contributed by atoms with van der Waals surface area (Å²) in [5.41, 5.74) is 5.77. The van der Waals surface area contributed by atoms with Gasteiger partial charge in [0.2, 0.25) is 5.91 Å². The molecule has 1 amide bonds. The third-order valence-electron chi connectivity index (χ3n) is 3.07. The van der Waals surface area contributed by atoms with E-state index < -0.39 is 18.1 Å². The number of likely N-dealkylation sites (tertiary alicyclic amines) is 1. The Labute approximate surface area is 95.6 Å². The summed E-state index contributed by atoms with van der Waals surface area (Å²) >= 11 is 0. The number of hydrogen-bond acceptors (Lipinski definition) is 3. The Kier molecular flexibility index (Phi) is 4.29. The average molecular weight is 228 g/mol. The first kappa shape index (κ1) is 13.0. The van der Waals surface area contributed by atoms with Gasteiger partial charge in [0.05, 0.1) is 6.04 Å². The number of carboxylic acids is 1. The molecule has 1 aliphatic rings. The van der Waals surface area contributed by atoms with Gasteiger partial charge in [0.1, 0.15) is 6.04 Å². The van der Waals surface area contributed by atoms with E-state index in [1.165, 1.54) is 4.90 Å². The Bertz CT molecular complexity index is 278. The van der Waals surface area contributed by atoms with E-state index in [0.29, 0.717) is 13.0 Å². The highest BCUT2D eigenvalue weighted by Gasteiger charge is 2.34. The fourth-order valence-electron chi connectivity index (χ4n) is 1.93. The van der Waals surface area contributed by atoms with Crippen molar-refractivity contribution in [3.8, 4) is 0 Å². The van der Waals surface area contributed by atoms with Crippen LogP contribution in [0.5, 0.6) is 0 Å². The van der Waals surface area contributed by atoms with Gasteiger partial charge in [-0.15, -0.1) is 0 Å². The second-order valence-corrected chi connectivity index (χ2v) is 4.65. The molecular weight excluding hydrogens is 208 g/mol. The zero-order chi connectivity index (χ0) is 12.3. The molecule has 0 unspecified atom stereocenters. The van der Waals surface area contributed by atoms with Crippen LogP contribution in [0.4, 0.5) is 0 Å². The van der Waals surface area contributed by atoms with Crippen molar-refractivity contribution in [2.75, 3.05) is 6.54 Å². The van der Waals surface area contributed by atoms with E-state index in [2.05, 4.69) is 0 Å². The molecule has 1 heterocycles. The van der Waals surface area contributed by atoms with Crippen LogP contribution in [0.25, 0.3) is 0 Å².